The third-order valence-electron chi connectivity index (χ3n) is 6.22. The first kappa shape index (κ1) is 24.5. The van der Waals surface area contributed by atoms with Crippen molar-refractivity contribution in [2.75, 3.05) is 0 Å². The van der Waals surface area contributed by atoms with Gasteiger partial charge < -0.3 is 0 Å². The maximum atomic E-state index is 14.4. The molecule has 0 saturated carbocycles. The van der Waals surface area contributed by atoms with Gasteiger partial charge in [-0.05, 0) is 18.2 Å². The van der Waals surface area contributed by atoms with Crippen LogP contribution in [0.2, 0.25) is 0 Å². The van der Waals surface area contributed by atoms with Gasteiger partial charge in [-0.15, -0.1) is 0 Å². The molecule has 3 aromatic heterocycles. The van der Waals surface area contributed by atoms with Crippen LogP contribution in [0.25, 0.3) is 32.7 Å². The summed E-state index contributed by atoms with van der Waals surface area (Å²) in [4.78, 5) is 0. The Morgan fingerprint density at radius 1 is 0.475 bits per heavy atom. The Hall–Kier alpha value is -5.82. The van der Waals surface area contributed by atoms with Crippen molar-refractivity contribution in [1.29, 1.82) is 15.8 Å². The zero-order valence-corrected chi connectivity index (χ0v) is 19.3. The summed E-state index contributed by atoms with van der Waals surface area (Å²) in [5.41, 5.74) is -1.88. The van der Waals surface area contributed by atoms with Gasteiger partial charge in [-0.1, -0.05) is 0 Å². The minimum atomic E-state index is -1.72. The van der Waals surface area contributed by atoms with E-state index in [0.717, 1.165) is 13.8 Å². The molecule has 3 heterocycles. The predicted molar refractivity (Wildman–Crippen MR) is 125 cm³/mol. The number of hydrogen-bond acceptors (Lipinski definition) is 6. The summed E-state index contributed by atoms with van der Waals surface area (Å²) in [6.07, 6.45) is 0. The number of nitriles is 3. The summed E-state index contributed by atoms with van der Waals surface area (Å²) in [7, 11) is -1.72. The third-order valence-corrected chi connectivity index (χ3v) is 6.22. The molecule has 192 valence electrons. The molecule has 0 aliphatic heterocycles. The van der Waals surface area contributed by atoms with Crippen molar-refractivity contribution in [3.05, 3.63) is 88.4 Å². The highest BCUT2D eigenvalue weighted by Crippen LogP contribution is 2.29. The van der Waals surface area contributed by atoms with Gasteiger partial charge in [-0.2, -0.15) is 31.1 Å². The Labute approximate surface area is 218 Å². The summed E-state index contributed by atoms with van der Waals surface area (Å²) in [6, 6.07) is 9.39. The molecule has 0 aliphatic rings. The van der Waals surface area contributed by atoms with Gasteiger partial charge in [0.1, 0.15) is 18.2 Å². The molecule has 0 saturated heterocycles. The fourth-order valence-corrected chi connectivity index (χ4v) is 4.48. The number of halogens is 6. The van der Waals surface area contributed by atoms with Crippen molar-refractivity contribution >= 4 is 39.8 Å². The van der Waals surface area contributed by atoms with E-state index in [4.69, 9.17) is 0 Å². The Balaban J connectivity index is 1.81. The van der Waals surface area contributed by atoms with Crippen molar-refractivity contribution in [2.45, 2.75) is 0 Å². The second-order valence-corrected chi connectivity index (χ2v) is 8.41. The zero-order valence-electron chi connectivity index (χ0n) is 19.3. The van der Waals surface area contributed by atoms with Crippen molar-refractivity contribution in [3.63, 3.8) is 0 Å². The van der Waals surface area contributed by atoms with E-state index in [2.05, 4.69) is 15.3 Å². The smallest absolute Gasteiger partial charge is 0.260 e. The average Bonchev–Trinajstić information content (AvgIpc) is 3.57. The molecule has 0 unspecified atom stereocenters. The number of aromatic nitrogens is 6. The van der Waals surface area contributed by atoms with Crippen LogP contribution in [0.5, 0.6) is 0 Å². The van der Waals surface area contributed by atoms with Gasteiger partial charge in [0.05, 0.1) is 16.6 Å². The summed E-state index contributed by atoms with van der Waals surface area (Å²) in [6.45, 7) is 0. The molecular weight excluding hydrogens is 539 g/mol. The second kappa shape index (κ2) is 8.61. The van der Waals surface area contributed by atoms with Gasteiger partial charge in [-0.25, -0.2) is 26.3 Å². The van der Waals surface area contributed by atoms with Crippen molar-refractivity contribution < 1.29 is 26.3 Å². The predicted octanol–water partition coefficient (Wildman–Crippen LogP) is 4.11. The standard InChI is InChI=1S/C24H6BF6N9/c26-13-1-10-19(7-32)35-38(22(10)4-16(13)29)25(39-23-5-17(30)14(27)2-11(23)20(8-33)36-39)40-24-6-18(31)15(28)3-12(24)21(9-34)37-40/h1-6H. The quantitative estimate of drug-likeness (QED) is 0.244. The van der Waals surface area contributed by atoms with E-state index in [1.165, 1.54) is 0 Å². The van der Waals surface area contributed by atoms with Crippen LogP contribution in [0.4, 0.5) is 26.3 Å². The van der Waals surface area contributed by atoms with Crippen LogP contribution < -0.4 is 0 Å². The normalized spacial score (nSPS) is 11.2. The molecule has 3 aromatic carbocycles. The van der Waals surface area contributed by atoms with E-state index in [9.17, 15) is 42.1 Å². The molecule has 16 heteroatoms. The lowest BCUT2D eigenvalue weighted by atomic mass is 9.92. The van der Waals surface area contributed by atoms with Gasteiger partial charge in [0.2, 0.25) is 0 Å². The molecule has 40 heavy (non-hydrogen) atoms. The van der Waals surface area contributed by atoms with Gasteiger partial charge >= 0.3 is 7.12 Å². The van der Waals surface area contributed by atoms with E-state index in [1.54, 1.807) is 18.2 Å². The molecule has 0 aliphatic carbocycles. The highest BCUT2D eigenvalue weighted by atomic mass is 19.2. The van der Waals surface area contributed by atoms with E-state index < -0.39 is 59.1 Å². The lowest BCUT2D eigenvalue weighted by molar-refractivity contribution is 0.510. The number of hydrogen-bond donors (Lipinski definition) is 0. The lowest BCUT2D eigenvalue weighted by Crippen LogP contribution is -2.44. The van der Waals surface area contributed by atoms with E-state index >= 15 is 0 Å². The third kappa shape index (κ3) is 3.38. The first-order valence-corrected chi connectivity index (χ1v) is 11.0. The largest absolute Gasteiger partial charge is 0.570 e. The molecule has 0 N–H and O–H groups in total. The molecule has 6 rings (SSSR count). The zero-order chi connectivity index (χ0) is 28.5. The number of fused-ring (bicyclic) bond motifs is 3. The first-order chi connectivity index (χ1) is 19.2. The molecule has 0 radical (unpaired) electrons. The second-order valence-electron chi connectivity index (χ2n) is 8.41. The van der Waals surface area contributed by atoms with Crippen LogP contribution in [0.3, 0.4) is 0 Å². The Morgan fingerprint density at radius 3 is 0.975 bits per heavy atom. The fraction of sp³-hybridized carbons (Fsp3) is 0. The van der Waals surface area contributed by atoms with Crippen LogP contribution in [-0.4, -0.2) is 36.2 Å². The van der Waals surface area contributed by atoms with E-state index in [0.29, 0.717) is 36.4 Å². The summed E-state index contributed by atoms with van der Waals surface area (Å²) in [5.74, 6) is -7.94. The van der Waals surface area contributed by atoms with Crippen LogP contribution >= 0.6 is 0 Å². The lowest BCUT2D eigenvalue weighted by Gasteiger charge is -2.17. The molecule has 6 aromatic rings. The molecular formula is C24H6BF6N9. The van der Waals surface area contributed by atoms with Crippen molar-refractivity contribution in [2.24, 2.45) is 0 Å². The average molecular weight is 545 g/mol. The highest BCUT2D eigenvalue weighted by molar-refractivity contribution is 6.56. The minimum absolute atomic E-state index is 0.171. The Morgan fingerprint density at radius 2 is 0.725 bits per heavy atom. The summed E-state index contributed by atoms with van der Waals surface area (Å²) in [5, 5.41) is 40.7. The molecule has 9 nitrogen and oxygen atoms in total. The van der Waals surface area contributed by atoms with Gasteiger partial charge in [-0.3, -0.25) is 13.8 Å². The molecule has 0 bridgehead atoms. The molecule has 0 atom stereocenters. The monoisotopic (exact) mass is 545 g/mol. The van der Waals surface area contributed by atoms with E-state index in [-0.39, 0.29) is 32.7 Å². The minimum Gasteiger partial charge on any atom is -0.260 e. The summed E-state index contributed by atoms with van der Waals surface area (Å²) < 4.78 is 88.3. The number of nitrogens with zero attached hydrogens (tertiary/aromatic N) is 9. The highest BCUT2D eigenvalue weighted by Gasteiger charge is 2.36. The summed E-state index contributed by atoms with van der Waals surface area (Å²) >= 11 is 0. The van der Waals surface area contributed by atoms with Crippen LogP contribution in [-0.2, 0) is 0 Å². The van der Waals surface area contributed by atoms with Crippen LogP contribution in [0.1, 0.15) is 17.1 Å². The van der Waals surface area contributed by atoms with Crippen LogP contribution in [0.15, 0.2) is 36.4 Å². The molecule has 0 fully saturated rings. The van der Waals surface area contributed by atoms with Gasteiger partial charge in [0.25, 0.3) is 0 Å². The van der Waals surface area contributed by atoms with Gasteiger partial charge in [0.15, 0.2) is 52.0 Å². The van der Waals surface area contributed by atoms with E-state index in [1.807, 2.05) is 0 Å². The number of rotatable bonds is 3. The maximum Gasteiger partial charge on any atom is 0.570 e. The van der Waals surface area contributed by atoms with Crippen molar-refractivity contribution in [3.8, 4) is 18.2 Å². The first-order valence-electron chi connectivity index (χ1n) is 11.0. The maximum absolute atomic E-state index is 14.4. The Kier molecular flexibility index (Phi) is 5.28. The number of benzene rings is 3. The molecule has 0 spiro atoms. The Bertz CT molecular complexity index is 1950. The molecule has 0 amide bonds. The van der Waals surface area contributed by atoms with Gasteiger partial charge in [0, 0.05) is 34.4 Å². The fourth-order valence-electron chi connectivity index (χ4n) is 4.48. The van der Waals surface area contributed by atoms with Crippen LogP contribution in [0, 0.1) is 68.9 Å². The SMILES string of the molecule is N#Cc1nn(B(n2nc(C#N)c3cc(F)c(F)cc32)n2nc(C#N)c3cc(F)c(F)cc32)c2cc(F)c(F)cc12. The topological polar surface area (TPSA) is 125 Å². The van der Waals surface area contributed by atoms with Crippen molar-refractivity contribution in [1.82, 2.24) is 29.1 Å².